The van der Waals surface area contributed by atoms with Crippen molar-refractivity contribution in [1.82, 2.24) is 9.55 Å². The highest BCUT2D eigenvalue weighted by atomic mass is 32.1. The molecule has 9 heteroatoms. The molecule has 1 N–H and O–H groups in total. The van der Waals surface area contributed by atoms with E-state index in [1.807, 2.05) is 48.7 Å². The van der Waals surface area contributed by atoms with Gasteiger partial charge in [-0.1, -0.05) is 35.6 Å². The third-order valence-corrected chi connectivity index (χ3v) is 7.12. The number of nitrogens with zero attached hydrogens (tertiary/aromatic N) is 2. The van der Waals surface area contributed by atoms with E-state index in [0.717, 1.165) is 16.5 Å². The molecule has 0 fully saturated rings. The zero-order valence-corrected chi connectivity index (χ0v) is 19.8. The Labute approximate surface area is 203 Å². The van der Waals surface area contributed by atoms with Crippen LogP contribution in [-0.4, -0.2) is 28.9 Å². The van der Waals surface area contributed by atoms with Gasteiger partial charge < -0.3 is 19.2 Å². The van der Waals surface area contributed by atoms with Crippen LogP contribution in [-0.2, 0) is 9.53 Å². The van der Waals surface area contributed by atoms with Gasteiger partial charge in [-0.2, -0.15) is 0 Å². The van der Waals surface area contributed by atoms with Crippen molar-refractivity contribution in [2.45, 2.75) is 19.9 Å². The van der Waals surface area contributed by atoms with Crippen LogP contribution >= 0.6 is 11.3 Å². The van der Waals surface area contributed by atoms with E-state index in [2.05, 4.69) is 9.98 Å². The monoisotopic (exact) mass is 487 g/mol. The largest absolute Gasteiger partial charge is 0.463 e. The lowest BCUT2D eigenvalue weighted by Gasteiger charge is -2.24. The van der Waals surface area contributed by atoms with Crippen molar-refractivity contribution in [3.05, 3.63) is 90.7 Å². The number of carbonyl (C=O) groups excluding carboxylic acids is 1. The van der Waals surface area contributed by atoms with Gasteiger partial charge in [-0.25, -0.2) is 9.79 Å². The van der Waals surface area contributed by atoms with E-state index >= 15 is 0 Å². The lowest BCUT2D eigenvalue weighted by atomic mass is 9.95. The fraction of sp³-hybridized carbons (Fsp3) is 0.192. The van der Waals surface area contributed by atoms with Crippen molar-refractivity contribution in [2.75, 3.05) is 13.4 Å². The van der Waals surface area contributed by atoms with Gasteiger partial charge in [0.15, 0.2) is 16.3 Å². The molecule has 0 saturated carbocycles. The van der Waals surface area contributed by atoms with Crippen LogP contribution in [0.3, 0.4) is 0 Å². The van der Waals surface area contributed by atoms with Gasteiger partial charge in [-0.3, -0.25) is 9.36 Å². The van der Waals surface area contributed by atoms with E-state index in [9.17, 15) is 9.59 Å². The fourth-order valence-electron chi connectivity index (χ4n) is 4.54. The smallest absolute Gasteiger partial charge is 0.338 e. The van der Waals surface area contributed by atoms with Crippen molar-refractivity contribution in [1.29, 1.82) is 0 Å². The number of aromatic nitrogens is 2. The molecular weight excluding hydrogens is 466 g/mol. The van der Waals surface area contributed by atoms with Gasteiger partial charge in [0.05, 0.1) is 28.5 Å². The number of para-hydroxylation sites is 1. The van der Waals surface area contributed by atoms with Gasteiger partial charge in [0.2, 0.25) is 6.79 Å². The van der Waals surface area contributed by atoms with Gasteiger partial charge >= 0.3 is 5.97 Å². The molecule has 0 amide bonds. The molecule has 0 unspecified atom stereocenters. The molecule has 6 rings (SSSR count). The summed E-state index contributed by atoms with van der Waals surface area (Å²) in [6.07, 6.45) is 3.75. The molecule has 0 radical (unpaired) electrons. The number of fused-ring (bicyclic) bond motifs is 3. The maximum Gasteiger partial charge on any atom is 0.338 e. The van der Waals surface area contributed by atoms with Crippen LogP contribution in [0.25, 0.3) is 17.0 Å². The Hall–Kier alpha value is -4.11. The van der Waals surface area contributed by atoms with Crippen LogP contribution in [0.4, 0.5) is 0 Å². The predicted molar refractivity (Wildman–Crippen MR) is 131 cm³/mol. The summed E-state index contributed by atoms with van der Waals surface area (Å²) in [4.78, 5) is 35.2. The normalized spacial score (nSPS) is 17.0. The minimum absolute atomic E-state index is 0.131. The SMILES string of the molecule is CCOC(=O)C1=C(C)N=c2s/c(=C\c3c[nH]c4ccccc34)c(=O)n2[C@@H]1c1ccc2c(c1)OCO2. The second-order valence-corrected chi connectivity index (χ2v) is 9.21. The molecule has 2 aliphatic rings. The van der Waals surface area contributed by atoms with E-state index < -0.39 is 12.0 Å². The number of hydrogen-bond donors (Lipinski definition) is 1. The topological polar surface area (TPSA) is 94.9 Å². The second kappa shape index (κ2) is 8.28. The molecule has 4 aromatic rings. The van der Waals surface area contributed by atoms with E-state index in [0.29, 0.717) is 37.7 Å². The first-order chi connectivity index (χ1) is 17.0. The molecule has 2 aliphatic heterocycles. The standard InChI is InChI=1S/C26H21N3O5S/c1-3-32-25(31)22-14(2)28-26-29(23(22)15-8-9-19-20(10-15)34-13-33-19)24(30)21(35-26)11-16-12-27-18-7-5-4-6-17(16)18/h4-12,23,27H,3,13H2,1-2H3/b21-11-/t23-/m1/s1. The maximum atomic E-state index is 13.8. The third-order valence-electron chi connectivity index (χ3n) is 6.14. The summed E-state index contributed by atoms with van der Waals surface area (Å²) in [7, 11) is 0. The molecule has 4 heterocycles. The zero-order chi connectivity index (χ0) is 24.1. The Bertz CT molecular complexity index is 1710. The number of carbonyl (C=O) groups is 1. The average Bonchev–Trinajstić information content (AvgIpc) is 3.56. The van der Waals surface area contributed by atoms with Crippen molar-refractivity contribution >= 4 is 34.3 Å². The van der Waals surface area contributed by atoms with Gasteiger partial charge in [-0.15, -0.1) is 0 Å². The first kappa shape index (κ1) is 21.4. The highest BCUT2D eigenvalue weighted by Gasteiger charge is 2.34. The van der Waals surface area contributed by atoms with Crippen molar-refractivity contribution in [3.8, 4) is 11.5 Å². The van der Waals surface area contributed by atoms with E-state index in [1.165, 1.54) is 11.3 Å². The molecule has 8 nitrogen and oxygen atoms in total. The molecule has 0 bridgehead atoms. The van der Waals surface area contributed by atoms with Crippen molar-refractivity contribution in [3.63, 3.8) is 0 Å². The number of allylic oxidation sites excluding steroid dienone is 1. The van der Waals surface area contributed by atoms with Crippen molar-refractivity contribution in [2.24, 2.45) is 4.99 Å². The van der Waals surface area contributed by atoms with E-state index in [4.69, 9.17) is 14.2 Å². The van der Waals surface area contributed by atoms with Crippen LogP contribution in [0.5, 0.6) is 11.5 Å². The number of H-pyrrole nitrogens is 1. The number of aromatic amines is 1. The van der Waals surface area contributed by atoms with Crippen LogP contribution in [0, 0.1) is 0 Å². The fourth-order valence-corrected chi connectivity index (χ4v) is 5.58. The Morgan fingerprint density at radius 3 is 2.94 bits per heavy atom. The highest BCUT2D eigenvalue weighted by Crippen LogP contribution is 2.38. The van der Waals surface area contributed by atoms with Crippen LogP contribution in [0.15, 0.2) is 69.7 Å². The number of benzene rings is 2. The lowest BCUT2D eigenvalue weighted by molar-refractivity contribution is -0.139. The average molecular weight is 488 g/mol. The van der Waals surface area contributed by atoms with Gasteiger partial charge in [0, 0.05) is 22.7 Å². The number of esters is 1. The number of hydrogen-bond acceptors (Lipinski definition) is 7. The summed E-state index contributed by atoms with van der Waals surface area (Å²) in [6.45, 7) is 3.86. The zero-order valence-electron chi connectivity index (χ0n) is 19.0. The summed E-state index contributed by atoms with van der Waals surface area (Å²) < 4.78 is 18.5. The Morgan fingerprint density at radius 1 is 1.26 bits per heavy atom. The Morgan fingerprint density at radius 2 is 2.09 bits per heavy atom. The molecule has 176 valence electrons. The number of thiazole rings is 1. The maximum absolute atomic E-state index is 13.8. The number of rotatable bonds is 4. The minimum atomic E-state index is -0.704. The summed E-state index contributed by atoms with van der Waals surface area (Å²) in [5, 5.41) is 1.02. The molecule has 0 saturated heterocycles. The summed E-state index contributed by atoms with van der Waals surface area (Å²) >= 11 is 1.30. The first-order valence-electron chi connectivity index (χ1n) is 11.2. The highest BCUT2D eigenvalue weighted by molar-refractivity contribution is 7.07. The molecule has 2 aromatic carbocycles. The van der Waals surface area contributed by atoms with E-state index in [-0.39, 0.29) is 19.0 Å². The predicted octanol–water partition coefficient (Wildman–Crippen LogP) is 3.01. The summed E-state index contributed by atoms with van der Waals surface area (Å²) in [5.74, 6) is 0.697. The molecule has 1 atom stereocenters. The van der Waals surface area contributed by atoms with Crippen molar-refractivity contribution < 1.29 is 19.0 Å². The van der Waals surface area contributed by atoms with E-state index in [1.54, 1.807) is 24.5 Å². The third kappa shape index (κ3) is 3.47. The Balaban J connectivity index is 1.57. The molecular formula is C26H21N3O5S. The Kier molecular flexibility index (Phi) is 5.07. The number of ether oxygens (including phenoxy) is 3. The van der Waals surface area contributed by atoms with Crippen LogP contribution < -0.4 is 24.4 Å². The van der Waals surface area contributed by atoms with Crippen LogP contribution in [0.2, 0.25) is 0 Å². The minimum Gasteiger partial charge on any atom is -0.463 e. The molecule has 2 aromatic heterocycles. The second-order valence-electron chi connectivity index (χ2n) is 8.20. The first-order valence-corrected chi connectivity index (χ1v) is 12.0. The molecule has 35 heavy (non-hydrogen) atoms. The summed E-state index contributed by atoms with van der Waals surface area (Å²) in [6, 6.07) is 12.7. The lowest BCUT2D eigenvalue weighted by Crippen LogP contribution is -2.39. The van der Waals surface area contributed by atoms with Gasteiger partial charge in [-0.05, 0) is 43.7 Å². The number of nitrogens with one attached hydrogen (secondary N) is 1. The van der Waals surface area contributed by atoms with Gasteiger partial charge in [0.25, 0.3) is 5.56 Å². The van der Waals surface area contributed by atoms with Gasteiger partial charge in [0.1, 0.15) is 0 Å². The quantitative estimate of drug-likeness (QED) is 0.447. The van der Waals surface area contributed by atoms with Crippen LogP contribution in [0.1, 0.15) is 31.0 Å². The molecule has 0 aliphatic carbocycles. The molecule has 0 spiro atoms. The summed E-state index contributed by atoms with van der Waals surface area (Å²) in [5.41, 5.74) is 3.24.